The second-order valence-corrected chi connectivity index (χ2v) is 8.65. The van der Waals surface area contributed by atoms with E-state index >= 15 is 0 Å². The molecule has 5 nitrogen and oxygen atoms in total. The van der Waals surface area contributed by atoms with Crippen molar-refractivity contribution in [1.29, 1.82) is 0 Å². The van der Waals surface area contributed by atoms with Gasteiger partial charge in [-0.3, -0.25) is 0 Å². The maximum Gasteiger partial charge on any atom is 0.184 e. The first-order valence-electron chi connectivity index (χ1n) is 10.1. The van der Waals surface area contributed by atoms with E-state index in [1.807, 2.05) is 72.8 Å². The Balaban J connectivity index is 1.25. The normalized spacial score (nSPS) is 18.2. The van der Waals surface area contributed by atoms with Crippen molar-refractivity contribution in [2.24, 2.45) is 9.98 Å². The van der Waals surface area contributed by atoms with E-state index in [4.69, 9.17) is 30.2 Å². The summed E-state index contributed by atoms with van der Waals surface area (Å²) in [5.41, 5.74) is 1.91. The number of furan rings is 2. The van der Waals surface area contributed by atoms with Crippen molar-refractivity contribution < 1.29 is 13.6 Å². The van der Waals surface area contributed by atoms with Crippen LogP contribution in [0.1, 0.15) is 33.9 Å². The number of hydrogen-bond acceptors (Lipinski definition) is 6. The molecule has 0 bridgehead atoms. The van der Waals surface area contributed by atoms with E-state index in [1.54, 1.807) is 30.5 Å². The van der Waals surface area contributed by atoms with Crippen LogP contribution in [0, 0.1) is 0 Å². The van der Waals surface area contributed by atoms with Crippen molar-refractivity contribution >= 4 is 34.7 Å². The number of rotatable bonds is 6. The minimum atomic E-state index is -0.172. The molecule has 1 aliphatic rings. The van der Waals surface area contributed by atoms with Crippen LogP contribution in [0.4, 0.5) is 0 Å². The van der Waals surface area contributed by atoms with Crippen molar-refractivity contribution in [1.82, 2.24) is 0 Å². The molecule has 0 aliphatic carbocycles. The Hall–Kier alpha value is -3.22. The maximum absolute atomic E-state index is 6.18. The molecule has 0 radical (unpaired) electrons. The molecule has 0 fully saturated rings. The van der Waals surface area contributed by atoms with Gasteiger partial charge in [0.1, 0.15) is 35.2 Å². The minimum absolute atomic E-state index is 0.0103. The lowest BCUT2D eigenvalue weighted by atomic mass is 10.1. The summed E-state index contributed by atoms with van der Waals surface area (Å²) in [6.07, 6.45) is 5.13. The van der Waals surface area contributed by atoms with E-state index < -0.39 is 0 Å². The first-order valence-corrected chi connectivity index (χ1v) is 11.3. The van der Waals surface area contributed by atoms with Gasteiger partial charge in [-0.25, -0.2) is 9.98 Å². The molecule has 7 heteroatoms. The first-order chi connectivity index (χ1) is 15.8. The first kappa shape index (κ1) is 20.7. The highest BCUT2D eigenvalue weighted by atomic mass is 35.5. The lowest BCUT2D eigenvalue weighted by molar-refractivity contribution is 0.306. The minimum Gasteiger partial charge on any atom is -0.489 e. The topological polar surface area (TPSA) is 60.2 Å². The number of benzene rings is 2. The van der Waals surface area contributed by atoms with Crippen molar-refractivity contribution in [2.75, 3.05) is 0 Å². The number of thioether (sulfide) groups is 1. The zero-order valence-electron chi connectivity index (χ0n) is 16.9. The van der Waals surface area contributed by atoms with E-state index in [2.05, 4.69) is 4.99 Å². The summed E-state index contributed by atoms with van der Waals surface area (Å²) in [5, 5.41) is 1.38. The molecule has 5 rings (SSSR count). The van der Waals surface area contributed by atoms with Crippen LogP contribution in [0.3, 0.4) is 0 Å². The standard InChI is InChI=1S/C25H19ClN2O3S/c26-20-6-2-1-5-18(20)16-31-19-11-9-17(10-12-19)15-27-25-28-23(21-7-3-13-29-21)24(32-25)22-8-4-14-30-22/h1-15,23-24H,16H2/t23-,24-/m0/s1. The summed E-state index contributed by atoms with van der Waals surface area (Å²) in [6.45, 7) is 0.420. The van der Waals surface area contributed by atoms with Gasteiger partial charge >= 0.3 is 0 Å². The van der Waals surface area contributed by atoms with Gasteiger partial charge < -0.3 is 13.6 Å². The highest BCUT2D eigenvalue weighted by Crippen LogP contribution is 2.48. The third-order valence-corrected chi connectivity index (χ3v) is 6.52. The summed E-state index contributed by atoms with van der Waals surface area (Å²) in [5.74, 6) is 2.42. The average molecular weight is 463 g/mol. The van der Waals surface area contributed by atoms with Crippen LogP contribution in [0.5, 0.6) is 5.75 Å². The fourth-order valence-corrected chi connectivity index (χ4v) is 4.63. The van der Waals surface area contributed by atoms with Gasteiger partial charge in [0.2, 0.25) is 0 Å². The molecule has 2 aromatic heterocycles. The van der Waals surface area contributed by atoms with Crippen molar-refractivity contribution in [3.63, 3.8) is 0 Å². The third-order valence-electron chi connectivity index (χ3n) is 4.98. The second-order valence-electron chi connectivity index (χ2n) is 7.13. The smallest absolute Gasteiger partial charge is 0.184 e. The van der Waals surface area contributed by atoms with E-state index in [0.717, 1.165) is 28.4 Å². The molecule has 2 aromatic carbocycles. The summed E-state index contributed by atoms with van der Waals surface area (Å²) >= 11 is 7.75. The van der Waals surface area contributed by atoms with Gasteiger partial charge in [0.05, 0.1) is 12.5 Å². The quantitative estimate of drug-likeness (QED) is 0.286. The second kappa shape index (κ2) is 9.51. The molecular formula is C25H19ClN2O3S. The molecule has 0 unspecified atom stereocenters. The predicted octanol–water partition coefficient (Wildman–Crippen LogP) is 7.11. The van der Waals surface area contributed by atoms with E-state index in [9.17, 15) is 0 Å². The van der Waals surface area contributed by atoms with Crippen LogP contribution in [0.25, 0.3) is 0 Å². The summed E-state index contributed by atoms with van der Waals surface area (Å²) in [4.78, 5) is 9.36. The SMILES string of the molecule is Clc1ccccc1COc1ccc(C=NC2=N[C@@H](c3ccco3)[C@H](c3ccco3)S2)cc1. The highest BCUT2D eigenvalue weighted by Gasteiger charge is 2.36. The van der Waals surface area contributed by atoms with Crippen LogP contribution in [0.2, 0.25) is 5.02 Å². The van der Waals surface area contributed by atoms with Gasteiger partial charge in [-0.15, -0.1) is 0 Å². The lowest BCUT2D eigenvalue weighted by Gasteiger charge is -2.11. The predicted molar refractivity (Wildman–Crippen MR) is 128 cm³/mol. The van der Waals surface area contributed by atoms with Gasteiger partial charge in [0, 0.05) is 16.8 Å². The molecule has 32 heavy (non-hydrogen) atoms. The Morgan fingerprint density at radius 2 is 1.69 bits per heavy atom. The zero-order chi connectivity index (χ0) is 21.8. The van der Waals surface area contributed by atoms with Gasteiger partial charge in [-0.05, 0) is 60.2 Å². The van der Waals surface area contributed by atoms with E-state index in [-0.39, 0.29) is 11.3 Å². The Morgan fingerprint density at radius 1 is 0.938 bits per heavy atom. The van der Waals surface area contributed by atoms with Gasteiger partial charge in [-0.1, -0.05) is 41.6 Å². The molecule has 2 atom stereocenters. The Kier molecular flexibility index (Phi) is 6.14. The van der Waals surface area contributed by atoms with Crippen LogP contribution in [-0.4, -0.2) is 11.4 Å². The van der Waals surface area contributed by atoms with Crippen molar-refractivity contribution in [3.8, 4) is 5.75 Å². The maximum atomic E-state index is 6.18. The largest absolute Gasteiger partial charge is 0.489 e. The molecule has 0 saturated heterocycles. The number of ether oxygens (including phenoxy) is 1. The number of halogens is 1. The van der Waals surface area contributed by atoms with Crippen LogP contribution in [-0.2, 0) is 6.61 Å². The molecular weight excluding hydrogens is 444 g/mol. The van der Waals surface area contributed by atoms with Crippen LogP contribution >= 0.6 is 23.4 Å². The van der Waals surface area contributed by atoms with Crippen molar-refractivity contribution in [2.45, 2.75) is 17.9 Å². The third kappa shape index (κ3) is 4.66. The van der Waals surface area contributed by atoms with E-state index in [0.29, 0.717) is 16.8 Å². The molecule has 0 amide bonds. The van der Waals surface area contributed by atoms with Crippen LogP contribution in [0.15, 0.2) is 104 Å². The van der Waals surface area contributed by atoms with Crippen molar-refractivity contribution in [3.05, 3.63) is 113 Å². The van der Waals surface area contributed by atoms with Gasteiger partial charge in [0.15, 0.2) is 5.17 Å². The van der Waals surface area contributed by atoms with Gasteiger partial charge in [-0.2, -0.15) is 0 Å². The molecule has 4 aromatic rings. The van der Waals surface area contributed by atoms with Crippen LogP contribution < -0.4 is 4.74 Å². The highest BCUT2D eigenvalue weighted by molar-refractivity contribution is 8.14. The molecule has 160 valence electrons. The molecule has 0 N–H and O–H groups in total. The molecule has 3 heterocycles. The van der Waals surface area contributed by atoms with Gasteiger partial charge in [0.25, 0.3) is 0 Å². The Bertz CT molecular complexity index is 1220. The number of hydrogen-bond donors (Lipinski definition) is 0. The lowest BCUT2D eigenvalue weighted by Crippen LogP contribution is -1.99. The zero-order valence-corrected chi connectivity index (χ0v) is 18.5. The number of aliphatic imine (C=N–C) groups is 2. The average Bonchev–Trinajstić information content (AvgIpc) is 3.59. The monoisotopic (exact) mass is 462 g/mol. The summed E-state index contributed by atoms with van der Waals surface area (Å²) in [7, 11) is 0. The summed E-state index contributed by atoms with van der Waals surface area (Å²) < 4.78 is 17.1. The molecule has 0 saturated carbocycles. The Morgan fingerprint density at radius 3 is 2.41 bits per heavy atom. The van der Waals surface area contributed by atoms with E-state index in [1.165, 1.54) is 0 Å². The summed E-state index contributed by atoms with van der Waals surface area (Å²) in [6, 6.07) is 22.9. The molecule has 0 spiro atoms. The number of amidine groups is 1. The number of nitrogens with zero attached hydrogens (tertiary/aromatic N) is 2. The fourth-order valence-electron chi connectivity index (χ4n) is 3.35. The molecule has 1 aliphatic heterocycles. The fraction of sp³-hybridized carbons (Fsp3) is 0.120. The Labute approximate surface area is 194 Å².